The molecule has 3 aromatic carbocycles. The van der Waals surface area contributed by atoms with Crippen LogP contribution >= 0.6 is 12.2 Å². The van der Waals surface area contributed by atoms with Crippen molar-refractivity contribution in [3.8, 4) is 0 Å². The molecule has 4 rings (SSSR count). The van der Waals surface area contributed by atoms with Crippen LogP contribution in [-0.2, 0) is 0 Å². The van der Waals surface area contributed by atoms with Gasteiger partial charge >= 0.3 is 0 Å². The maximum absolute atomic E-state index is 13.7. The summed E-state index contributed by atoms with van der Waals surface area (Å²) in [5.74, 6) is -2.09. The van der Waals surface area contributed by atoms with Gasteiger partial charge in [-0.05, 0) is 60.7 Å². The topological polar surface area (TPSA) is 78.5 Å². The lowest BCUT2D eigenvalue weighted by Gasteiger charge is -2.15. The van der Waals surface area contributed by atoms with E-state index in [0.29, 0.717) is 22.5 Å². The van der Waals surface area contributed by atoms with E-state index in [4.69, 9.17) is 12.2 Å². The molecule has 0 saturated carbocycles. The fourth-order valence-electron chi connectivity index (χ4n) is 3.10. The third-order valence-electron chi connectivity index (χ3n) is 4.52. The van der Waals surface area contributed by atoms with Crippen molar-refractivity contribution in [1.82, 2.24) is 5.32 Å². The highest BCUT2D eigenvalue weighted by Crippen LogP contribution is 2.29. The maximum Gasteiger partial charge on any atom is 0.266 e. The van der Waals surface area contributed by atoms with Crippen LogP contribution in [0.25, 0.3) is 0 Å². The molecule has 1 heterocycles. The third-order valence-corrected chi connectivity index (χ3v) is 4.73. The van der Waals surface area contributed by atoms with Crippen molar-refractivity contribution in [2.24, 2.45) is 0 Å². The first-order valence-electron chi connectivity index (χ1n) is 8.90. The van der Waals surface area contributed by atoms with E-state index in [9.17, 15) is 18.8 Å². The zero-order valence-electron chi connectivity index (χ0n) is 15.4. The molecular weight excluding hydrogens is 405 g/mol. The molecule has 0 aliphatic carbocycles. The number of carbonyl (C=O) groups excluding carboxylic acids is 3. The number of thiocarbonyl (C=S) groups is 1. The number of nitrogens with zero attached hydrogens (tertiary/aromatic N) is 1. The Balaban J connectivity index is 1.44. The second kappa shape index (κ2) is 7.84. The van der Waals surface area contributed by atoms with E-state index >= 15 is 0 Å². The summed E-state index contributed by atoms with van der Waals surface area (Å²) in [7, 11) is 0. The Morgan fingerprint density at radius 1 is 0.833 bits per heavy atom. The number of anilines is 2. The molecule has 0 spiro atoms. The lowest BCUT2D eigenvalue weighted by molar-refractivity contribution is 0.0923. The number of nitrogens with one attached hydrogen (secondary N) is 2. The minimum absolute atomic E-state index is 0.0169. The molecule has 3 aromatic rings. The van der Waals surface area contributed by atoms with Gasteiger partial charge in [0.2, 0.25) is 0 Å². The predicted octanol–water partition coefficient (Wildman–Crippen LogP) is 3.75. The first-order valence-corrected chi connectivity index (χ1v) is 9.31. The third kappa shape index (κ3) is 3.56. The van der Waals surface area contributed by atoms with Crippen molar-refractivity contribution in [1.29, 1.82) is 0 Å². The molecule has 2 N–H and O–H groups in total. The van der Waals surface area contributed by atoms with Crippen LogP contribution in [0.4, 0.5) is 15.8 Å². The van der Waals surface area contributed by atoms with E-state index in [-0.39, 0.29) is 22.5 Å². The summed E-state index contributed by atoms with van der Waals surface area (Å²) in [5, 5.41) is 5.20. The summed E-state index contributed by atoms with van der Waals surface area (Å²) in [5.41, 5.74) is 1.54. The molecule has 0 radical (unpaired) electrons. The van der Waals surface area contributed by atoms with Crippen LogP contribution in [0.5, 0.6) is 0 Å². The number of halogens is 1. The maximum atomic E-state index is 13.7. The Hall–Kier alpha value is -3.91. The molecule has 1 aliphatic rings. The Morgan fingerprint density at radius 2 is 1.40 bits per heavy atom. The van der Waals surface area contributed by atoms with E-state index in [2.05, 4.69) is 10.6 Å². The number of hydrogen-bond donors (Lipinski definition) is 2. The average Bonchev–Trinajstić information content (AvgIpc) is 2.99. The fraction of sp³-hybridized carbons (Fsp3) is 0. The Kier molecular flexibility index (Phi) is 5.07. The molecule has 8 heteroatoms. The van der Waals surface area contributed by atoms with Crippen molar-refractivity contribution in [3.05, 3.63) is 95.3 Å². The summed E-state index contributed by atoms with van der Waals surface area (Å²) in [4.78, 5) is 38.3. The van der Waals surface area contributed by atoms with Gasteiger partial charge < -0.3 is 5.32 Å². The van der Waals surface area contributed by atoms with Gasteiger partial charge in [-0.2, -0.15) is 0 Å². The zero-order valence-corrected chi connectivity index (χ0v) is 16.2. The lowest BCUT2D eigenvalue weighted by Crippen LogP contribution is -2.34. The van der Waals surface area contributed by atoms with Gasteiger partial charge in [-0.1, -0.05) is 24.3 Å². The fourth-order valence-corrected chi connectivity index (χ4v) is 3.31. The van der Waals surface area contributed by atoms with Crippen LogP contribution in [0.2, 0.25) is 0 Å². The van der Waals surface area contributed by atoms with Crippen molar-refractivity contribution in [2.75, 3.05) is 10.2 Å². The Morgan fingerprint density at radius 3 is 2.00 bits per heavy atom. The first-order chi connectivity index (χ1) is 14.5. The van der Waals surface area contributed by atoms with Crippen LogP contribution in [-0.4, -0.2) is 22.8 Å². The summed E-state index contributed by atoms with van der Waals surface area (Å²) in [6, 6.07) is 18.6. The summed E-state index contributed by atoms with van der Waals surface area (Å²) in [6.45, 7) is 0. The Labute approximate surface area is 176 Å². The van der Waals surface area contributed by atoms with Gasteiger partial charge in [0.1, 0.15) is 5.82 Å². The number of amides is 3. The van der Waals surface area contributed by atoms with E-state index in [1.54, 1.807) is 54.6 Å². The van der Waals surface area contributed by atoms with Crippen LogP contribution in [0.15, 0.2) is 72.8 Å². The minimum Gasteiger partial charge on any atom is -0.332 e. The number of fused-ring (bicyclic) bond motifs is 1. The van der Waals surface area contributed by atoms with Crippen LogP contribution in [0.1, 0.15) is 31.1 Å². The number of hydrogen-bond acceptors (Lipinski definition) is 4. The van der Waals surface area contributed by atoms with Crippen LogP contribution in [0.3, 0.4) is 0 Å². The number of imide groups is 1. The number of rotatable bonds is 3. The average molecular weight is 419 g/mol. The summed E-state index contributed by atoms with van der Waals surface area (Å²) < 4.78 is 13.7. The SMILES string of the molecule is O=C(NC(=S)Nc1ccc(N2C(=O)c3ccccc3C2=O)cc1)c1ccccc1F. The molecule has 148 valence electrons. The molecular formula is C22H14FN3O3S. The van der Waals surface area contributed by atoms with Crippen LogP contribution in [0, 0.1) is 5.82 Å². The molecule has 0 atom stereocenters. The monoisotopic (exact) mass is 419 g/mol. The molecule has 0 fully saturated rings. The van der Waals surface area contributed by atoms with E-state index in [1.165, 1.54) is 18.2 Å². The smallest absolute Gasteiger partial charge is 0.266 e. The highest BCUT2D eigenvalue weighted by Gasteiger charge is 2.36. The second-order valence-electron chi connectivity index (χ2n) is 6.43. The molecule has 30 heavy (non-hydrogen) atoms. The minimum atomic E-state index is -0.673. The normalized spacial score (nSPS) is 12.5. The molecule has 0 saturated heterocycles. The largest absolute Gasteiger partial charge is 0.332 e. The second-order valence-corrected chi connectivity index (χ2v) is 6.83. The van der Waals surface area contributed by atoms with Gasteiger partial charge in [-0.15, -0.1) is 0 Å². The summed E-state index contributed by atoms with van der Waals surface area (Å²) in [6.07, 6.45) is 0. The molecule has 3 amide bonds. The molecule has 0 unspecified atom stereocenters. The number of benzene rings is 3. The zero-order chi connectivity index (χ0) is 21.3. The number of carbonyl (C=O) groups is 3. The predicted molar refractivity (Wildman–Crippen MR) is 114 cm³/mol. The van der Waals surface area contributed by atoms with Gasteiger partial charge in [0.15, 0.2) is 5.11 Å². The van der Waals surface area contributed by atoms with Crippen molar-refractivity contribution < 1.29 is 18.8 Å². The van der Waals surface area contributed by atoms with E-state index < -0.39 is 11.7 Å². The van der Waals surface area contributed by atoms with Crippen molar-refractivity contribution in [3.63, 3.8) is 0 Å². The molecule has 0 aromatic heterocycles. The molecule has 1 aliphatic heterocycles. The van der Waals surface area contributed by atoms with E-state index in [1.807, 2.05) is 0 Å². The van der Waals surface area contributed by atoms with Crippen LogP contribution < -0.4 is 15.5 Å². The quantitative estimate of drug-likeness (QED) is 0.499. The van der Waals surface area contributed by atoms with Crippen molar-refractivity contribution >= 4 is 46.4 Å². The van der Waals surface area contributed by atoms with Gasteiger partial charge in [-0.3, -0.25) is 19.7 Å². The van der Waals surface area contributed by atoms with Gasteiger partial charge in [0.05, 0.1) is 22.4 Å². The van der Waals surface area contributed by atoms with E-state index in [0.717, 1.165) is 4.90 Å². The van der Waals surface area contributed by atoms with Gasteiger partial charge in [0, 0.05) is 5.69 Å². The highest BCUT2D eigenvalue weighted by molar-refractivity contribution is 7.80. The van der Waals surface area contributed by atoms with Gasteiger partial charge in [0.25, 0.3) is 17.7 Å². The molecule has 6 nitrogen and oxygen atoms in total. The lowest BCUT2D eigenvalue weighted by atomic mass is 10.1. The Bertz CT molecular complexity index is 1160. The van der Waals surface area contributed by atoms with Crippen molar-refractivity contribution in [2.45, 2.75) is 0 Å². The standard InChI is InChI=1S/C22H14FN3O3S/c23-18-8-4-3-7-17(18)19(27)25-22(30)24-13-9-11-14(12-10-13)26-20(28)15-5-1-2-6-16(15)21(26)29/h1-12H,(H2,24,25,27,30). The summed E-state index contributed by atoms with van der Waals surface area (Å²) >= 11 is 5.10. The molecule has 0 bridgehead atoms. The van der Waals surface area contributed by atoms with Gasteiger partial charge in [-0.25, -0.2) is 9.29 Å². The highest BCUT2D eigenvalue weighted by atomic mass is 32.1. The first kappa shape index (κ1) is 19.4.